The molecule has 0 N–H and O–H groups in total. The molecule has 0 aromatic heterocycles. The molecule has 124 valence electrons. The van der Waals surface area contributed by atoms with Crippen LogP contribution in [0.4, 0.5) is 0 Å². The van der Waals surface area contributed by atoms with Gasteiger partial charge in [0.25, 0.3) is 0 Å². The predicted octanol–water partition coefficient (Wildman–Crippen LogP) is 6.85. The maximum Gasteiger partial charge on any atom is 0.146 e. The van der Waals surface area contributed by atoms with Gasteiger partial charge in [-0.1, -0.05) is 75.6 Å². The summed E-state index contributed by atoms with van der Waals surface area (Å²) in [5, 5.41) is -1.38. The molecule has 2 rings (SSSR count). The van der Waals surface area contributed by atoms with Crippen molar-refractivity contribution < 1.29 is 4.74 Å². The lowest BCUT2D eigenvalue weighted by Crippen LogP contribution is -2.52. The molecule has 0 amide bonds. The van der Waals surface area contributed by atoms with Crippen molar-refractivity contribution in [3.63, 3.8) is 0 Å². The summed E-state index contributed by atoms with van der Waals surface area (Å²) in [7, 11) is 0. The van der Waals surface area contributed by atoms with Gasteiger partial charge in [0, 0.05) is 10.8 Å². The van der Waals surface area contributed by atoms with Gasteiger partial charge in [-0.3, -0.25) is 0 Å². The van der Waals surface area contributed by atoms with Crippen molar-refractivity contribution in [2.75, 3.05) is 0 Å². The molecule has 0 aromatic carbocycles. The molecule has 0 saturated heterocycles. The second-order valence-electron chi connectivity index (χ2n) is 8.18. The average molecular weight is 335 g/mol. The highest BCUT2D eigenvalue weighted by atomic mass is 35.5. The summed E-state index contributed by atoms with van der Waals surface area (Å²) in [6, 6.07) is 0. The molecule has 0 heterocycles. The largest absolute Gasteiger partial charge is 0.338 e. The first-order chi connectivity index (χ1) is 9.62. The standard InChI is InChI=1S/C18H32Cl2O/c1-15(11-7-5-8-12-15)17(3,19)21-18(4,20)16(2)13-9-6-10-14-16/h5-14H2,1-4H3. The second-order valence-corrected chi connectivity index (χ2v) is 9.62. The summed E-state index contributed by atoms with van der Waals surface area (Å²) >= 11 is 13.8. The lowest BCUT2D eigenvalue weighted by atomic mass is 9.70. The molecule has 0 aromatic rings. The van der Waals surface area contributed by atoms with E-state index in [9.17, 15) is 0 Å². The van der Waals surface area contributed by atoms with Gasteiger partial charge in [0.05, 0.1) is 0 Å². The number of alkyl halides is 2. The highest BCUT2D eigenvalue weighted by Crippen LogP contribution is 2.55. The Labute approximate surface area is 141 Å². The van der Waals surface area contributed by atoms with Gasteiger partial charge in [0.1, 0.15) is 10.1 Å². The second kappa shape index (κ2) is 6.21. The van der Waals surface area contributed by atoms with Crippen molar-refractivity contribution in [3.8, 4) is 0 Å². The predicted molar refractivity (Wildman–Crippen MR) is 92.0 cm³/mol. The molecule has 2 atom stereocenters. The molecule has 2 fully saturated rings. The molecule has 0 bridgehead atoms. The van der Waals surface area contributed by atoms with Crippen molar-refractivity contribution >= 4 is 23.2 Å². The van der Waals surface area contributed by atoms with Gasteiger partial charge in [-0.15, -0.1) is 0 Å². The van der Waals surface area contributed by atoms with E-state index in [2.05, 4.69) is 13.8 Å². The zero-order valence-electron chi connectivity index (χ0n) is 14.2. The molecule has 0 aliphatic heterocycles. The van der Waals surface area contributed by atoms with Crippen LogP contribution in [0.15, 0.2) is 0 Å². The van der Waals surface area contributed by atoms with E-state index in [1.165, 1.54) is 38.5 Å². The van der Waals surface area contributed by atoms with Crippen LogP contribution in [0.1, 0.15) is 91.9 Å². The van der Waals surface area contributed by atoms with Crippen LogP contribution >= 0.6 is 23.2 Å². The Morgan fingerprint density at radius 1 is 0.667 bits per heavy atom. The van der Waals surface area contributed by atoms with Gasteiger partial charge in [0.2, 0.25) is 0 Å². The van der Waals surface area contributed by atoms with E-state index >= 15 is 0 Å². The van der Waals surface area contributed by atoms with Crippen LogP contribution in [-0.4, -0.2) is 10.1 Å². The minimum atomic E-state index is -0.690. The molecule has 0 spiro atoms. The minimum absolute atomic E-state index is 0.0218. The highest BCUT2D eigenvalue weighted by Gasteiger charge is 2.53. The third-order valence-corrected chi connectivity index (χ3v) is 7.52. The van der Waals surface area contributed by atoms with Crippen LogP contribution in [0.5, 0.6) is 0 Å². The Kier molecular flexibility index (Phi) is 5.29. The van der Waals surface area contributed by atoms with Crippen molar-refractivity contribution in [2.45, 2.75) is 102 Å². The van der Waals surface area contributed by atoms with E-state index in [-0.39, 0.29) is 10.8 Å². The third-order valence-electron chi connectivity index (χ3n) is 6.45. The van der Waals surface area contributed by atoms with Gasteiger partial charge >= 0.3 is 0 Å². The maximum absolute atomic E-state index is 6.92. The fourth-order valence-electron chi connectivity index (χ4n) is 4.16. The molecule has 2 aliphatic carbocycles. The first-order valence-electron chi connectivity index (χ1n) is 8.70. The van der Waals surface area contributed by atoms with Crippen LogP contribution in [-0.2, 0) is 4.74 Å². The zero-order chi connectivity index (χ0) is 15.8. The topological polar surface area (TPSA) is 9.23 Å². The Balaban J connectivity index is 2.13. The average Bonchev–Trinajstić information content (AvgIpc) is 2.39. The van der Waals surface area contributed by atoms with Gasteiger partial charge < -0.3 is 4.74 Å². The van der Waals surface area contributed by atoms with Crippen LogP contribution in [0.3, 0.4) is 0 Å². The molecule has 0 radical (unpaired) electrons. The van der Waals surface area contributed by atoms with Crippen molar-refractivity contribution in [2.24, 2.45) is 10.8 Å². The summed E-state index contributed by atoms with van der Waals surface area (Å²) in [6.07, 6.45) is 12.2. The van der Waals surface area contributed by atoms with E-state index in [0.717, 1.165) is 25.7 Å². The normalized spacial score (nSPS) is 31.1. The van der Waals surface area contributed by atoms with Gasteiger partial charge in [-0.05, 0) is 39.5 Å². The fraction of sp³-hybridized carbons (Fsp3) is 1.00. The highest BCUT2D eigenvalue weighted by molar-refractivity contribution is 6.25. The van der Waals surface area contributed by atoms with E-state index in [1.807, 2.05) is 13.8 Å². The van der Waals surface area contributed by atoms with Gasteiger partial charge in [0.15, 0.2) is 0 Å². The van der Waals surface area contributed by atoms with Crippen molar-refractivity contribution in [3.05, 3.63) is 0 Å². The number of hydrogen-bond donors (Lipinski definition) is 0. The quantitative estimate of drug-likeness (QED) is 0.510. The summed E-state index contributed by atoms with van der Waals surface area (Å²) in [4.78, 5) is 0. The molecule has 21 heavy (non-hydrogen) atoms. The SMILES string of the molecule is CC1(C(C)(Cl)OC(C)(Cl)C2(C)CCCCC2)CCCCC1. The van der Waals surface area contributed by atoms with Gasteiger partial charge in [-0.2, -0.15) is 0 Å². The summed E-state index contributed by atoms with van der Waals surface area (Å²) < 4.78 is 6.44. The number of halogens is 2. The van der Waals surface area contributed by atoms with Gasteiger partial charge in [-0.25, -0.2) is 0 Å². The van der Waals surface area contributed by atoms with E-state index in [4.69, 9.17) is 27.9 Å². The Bertz CT molecular complexity index is 316. The van der Waals surface area contributed by atoms with Crippen molar-refractivity contribution in [1.82, 2.24) is 0 Å². The van der Waals surface area contributed by atoms with Crippen LogP contribution in [0, 0.1) is 10.8 Å². The lowest BCUT2D eigenvalue weighted by molar-refractivity contribution is -0.169. The number of hydrogen-bond acceptors (Lipinski definition) is 1. The molecule has 2 aliphatic rings. The number of rotatable bonds is 4. The summed E-state index contributed by atoms with van der Waals surface area (Å²) in [5.41, 5.74) is 0.0436. The minimum Gasteiger partial charge on any atom is -0.338 e. The first kappa shape index (κ1) is 17.9. The maximum atomic E-state index is 6.92. The molecule has 2 unspecified atom stereocenters. The molecule has 3 heteroatoms. The third kappa shape index (κ3) is 3.56. The number of ether oxygens (including phenoxy) is 1. The first-order valence-corrected chi connectivity index (χ1v) is 9.46. The summed E-state index contributed by atoms with van der Waals surface area (Å²) in [5.74, 6) is 0. The zero-order valence-corrected chi connectivity index (χ0v) is 15.7. The molecule has 1 nitrogen and oxygen atoms in total. The van der Waals surface area contributed by atoms with E-state index in [1.54, 1.807) is 0 Å². The molecule has 2 saturated carbocycles. The smallest absolute Gasteiger partial charge is 0.146 e. The Morgan fingerprint density at radius 3 is 1.24 bits per heavy atom. The Morgan fingerprint density at radius 2 is 0.952 bits per heavy atom. The van der Waals surface area contributed by atoms with E-state index < -0.39 is 10.1 Å². The van der Waals surface area contributed by atoms with Crippen molar-refractivity contribution in [1.29, 1.82) is 0 Å². The summed E-state index contributed by atoms with van der Waals surface area (Å²) in [6.45, 7) is 8.62. The van der Waals surface area contributed by atoms with Crippen LogP contribution in [0.2, 0.25) is 0 Å². The molecular weight excluding hydrogens is 303 g/mol. The van der Waals surface area contributed by atoms with Crippen LogP contribution < -0.4 is 0 Å². The van der Waals surface area contributed by atoms with E-state index in [0.29, 0.717) is 0 Å². The lowest BCUT2D eigenvalue weighted by Gasteiger charge is -2.52. The van der Waals surface area contributed by atoms with Crippen LogP contribution in [0.25, 0.3) is 0 Å². The monoisotopic (exact) mass is 334 g/mol. The fourth-order valence-corrected chi connectivity index (χ4v) is 4.89. The molecular formula is C18H32Cl2O. The Hall–Kier alpha value is 0.540.